The van der Waals surface area contributed by atoms with Crippen LogP contribution in [0.1, 0.15) is 36.5 Å². The van der Waals surface area contributed by atoms with Crippen molar-refractivity contribution in [3.8, 4) is 0 Å². The molecule has 0 radical (unpaired) electrons. The van der Waals surface area contributed by atoms with Crippen LogP contribution in [-0.2, 0) is 0 Å². The molecule has 1 fully saturated rings. The lowest BCUT2D eigenvalue weighted by molar-refractivity contribution is 0.0707. The van der Waals surface area contributed by atoms with Crippen molar-refractivity contribution in [2.24, 2.45) is 5.92 Å². The van der Waals surface area contributed by atoms with E-state index in [-0.39, 0.29) is 17.2 Å². The molecule has 1 aromatic carbocycles. The molecule has 3 nitrogen and oxygen atoms in total. The third-order valence-electron chi connectivity index (χ3n) is 3.66. The van der Waals surface area contributed by atoms with E-state index in [4.69, 9.17) is 5.73 Å². The minimum absolute atomic E-state index is 0.0467. The summed E-state index contributed by atoms with van der Waals surface area (Å²) in [5, 5.41) is 0. The normalized spacial score (nSPS) is 15.2. The Kier molecular flexibility index (Phi) is 3.84. The predicted octanol–water partition coefficient (Wildman–Crippen LogP) is 2.67. The number of hydrogen-bond acceptors (Lipinski definition) is 2. The van der Waals surface area contributed by atoms with Gasteiger partial charge in [-0.05, 0) is 37.8 Å². The van der Waals surface area contributed by atoms with E-state index in [0.29, 0.717) is 12.5 Å². The molecule has 0 saturated heterocycles. The molecule has 1 aliphatic carbocycles. The summed E-state index contributed by atoms with van der Waals surface area (Å²) in [4.78, 5) is 14.1. The van der Waals surface area contributed by atoms with Gasteiger partial charge < -0.3 is 10.6 Å². The molecule has 1 saturated carbocycles. The maximum absolute atomic E-state index is 13.4. The first-order valence-electron chi connectivity index (χ1n) is 6.46. The molecular weight excluding hydrogens is 231 g/mol. The van der Waals surface area contributed by atoms with Crippen molar-refractivity contribution in [3.63, 3.8) is 0 Å². The number of amides is 1. The molecule has 1 aliphatic rings. The summed E-state index contributed by atoms with van der Waals surface area (Å²) < 4.78 is 13.4. The highest BCUT2D eigenvalue weighted by atomic mass is 19.1. The highest BCUT2D eigenvalue weighted by Crippen LogP contribution is 2.28. The zero-order chi connectivity index (χ0) is 13.1. The van der Waals surface area contributed by atoms with Gasteiger partial charge in [0.15, 0.2) is 0 Å². The van der Waals surface area contributed by atoms with Gasteiger partial charge in [0.25, 0.3) is 5.91 Å². The maximum Gasteiger partial charge on any atom is 0.256 e. The molecule has 0 spiro atoms. The van der Waals surface area contributed by atoms with Gasteiger partial charge in [0.2, 0.25) is 0 Å². The van der Waals surface area contributed by atoms with Crippen LogP contribution in [0.3, 0.4) is 0 Å². The van der Waals surface area contributed by atoms with Crippen molar-refractivity contribution in [1.82, 2.24) is 4.90 Å². The number of carbonyl (C=O) groups excluding carboxylic acids is 1. The van der Waals surface area contributed by atoms with Crippen LogP contribution in [0, 0.1) is 11.7 Å². The van der Waals surface area contributed by atoms with Crippen molar-refractivity contribution in [1.29, 1.82) is 0 Å². The second-order valence-electron chi connectivity index (χ2n) is 4.84. The molecule has 0 atom stereocenters. The Morgan fingerprint density at radius 3 is 2.78 bits per heavy atom. The Balaban J connectivity index is 2.14. The lowest BCUT2D eigenvalue weighted by atomic mass is 9.85. The van der Waals surface area contributed by atoms with Crippen LogP contribution in [0.25, 0.3) is 0 Å². The number of carbonyl (C=O) groups is 1. The molecule has 2 rings (SSSR count). The first-order chi connectivity index (χ1) is 8.63. The SMILES string of the molecule is CCN(CC1CCC1)C(=O)c1cccc(F)c1N. The number of hydrogen-bond donors (Lipinski definition) is 1. The summed E-state index contributed by atoms with van der Waals surface area (Å²) in [6, 6.07) is 4.38. The number of para-hydroxylation sites is 1. The highest BCUT2D eigenvalue weighted by Gasteiger charge is 2.24. The number of rotatable bonds is 4. The highest BCUT2D eigenvalue weighted by molar-refractivity contribution is 5.99. The summed E-state index contributed by atoms with van der Waals surface area (Å²) in [6.45, 7) is 3.32. The molecule has 1 aromatic rings. The monoisotopic (exact) mass is 250 g/mol. The van der Waals surface area contributed by atoms with Crippen molar-refractivity contribution in [2.75, 3.05) is 18.8 Å². The van der Waals surface area contributed by atoms with Crippen LogP contribution in [0.4, 0.5) is 10.1 Å². The lowest BCUT2D eigenvalue weighted by Gasteiger charge is -2.32. The van der Waals surface area contributed by atoms with Gasteiger partial charge in [0.1, 0.15) is 5.82 Å². The van der Waals surface area contributed by atoms with Gasteiger partial charge in [-0.1, -0.05) is 12.5 Å². The summed E-state index contributed by atoms with van der Waals surface area (Å²) in [5.74, 6) is -0.0920. The number of nitrogen functional groups attached to an aromatic ring is 1. The standard InChI is InChI=1S/C14H19FN2O/c1-2-17(9-10-5-3-6-10)14(18)11-7-4-8-12(15)13(11)16/h4,7-8,10H,2-3,5-6,9,16H2,1H3. The fourth-order valence-corrected chi connectivity index (χ4v) is 2.24. The van der Waals surface area contributed by atoms with Gasteiger partial charge in [-0.3, -0.25) is 4.79 Å². The van der Waals surface area contributed by atoms with Gasteiger partial charge in [-0.25, -0.2) is 4.39 Å². The minimum atomic E-state index is -0.527. The van der Waals surface area contributed by atoms with Gasteiger partial charge in [0, 0.05) is 13.1 Å². The van der Waals surface area contributed by atoms with E-state index in [1.165, 1.54) is 31.4 Å². The van der Waals surface area contributed by atoms with Crippen molar-refractivity contribution in [2.45, 2.75) is 26.2 Å². The second-order valence-corrected chi connectivity index (χ2v) is 4.84. The van der Waals surface area contributed by atoms with Crippen LogP contribution in [-0.4, -0.2) is 23.9 Å². The summed E-state index contributed by atoms with van der Waals surface area (Å²) in [5.41, 5.74) is 5.86. The van der Waals surface area contributed by atoms with E-state index < -0.39 is 5.82 Å². The molecule has 0 aromatic heterocycles. The van der Waals surface area contributed by atoms with E-state index in [9.17, 15) is 9.18 Å². The van der Waals surface area contributed by atoms with Crippen LogP contribution in [0.15, 0.2) is 18.2 Å². The number of anilines is 1. The Morgan fingerprint density at radius 1 is 1.50 bits per heavy atom. The van der Waals surface area contributed by atoms with Gasteiger partial charge in [-0.2, -0.15) is 0 Å². The molecule has 2 N–H and O–H groups in total. The van der Waals surface area contributed by atoms with Crippen LogP contribution in [0.5, 0.6) is 0 Å². The molecular formula is C14H19FN2O. The Morgan fingerprint density at radius 2 is 2.22 bits per heavy atom. The average molecular weight is 250 g/mol. The molecule has 18 heavy (non-hydrogen) atoms. The zero-order valence-electron chi connectivity index (χ0n) is 10.7. The zero-order valence-corrected chi connectivity index (χ0v) is 10.7. The molecule has 1 amide bonds. The molecule has 98 valence electrons. The third kappa shape index (κ3) is 2.47. The van der Waals surface area contributed by atoms with Crippen molar-refractivity contribution in [3.05, 3.63) is 29.6 Å². The quantitative estimate of drug-likeness (QED) is 0.835. The first-order valence-corrected chi connectivity index (χ1v) is 6.46. The van der Waals surface area contributed by atoms with E-state index in [1.807, 2.05) is 6.92 Å². The minimum Gasteiger partial charge on any atom is -0.396 e. The summed E-state index contributed by atoms with van der Waals surface area (Å²) >= 11 is 0. The van der Waals surface area contributed by atoms with E-state index >= 15 is 0 Å². The number of nitrogens with two attached hydrogens (primary N) is 1. The maximum atomic E-state index is 13.4. The Bertz CT molecular complexity index is 443. The van der Waals surface area contributed by atoms with E-state index in [1.54, 1.807) is 11.0 Å². The van der Waals surface area contributed by atoms with Gasteiger partial charge in [0.05, 0.1) is 11.3 Å². The Labute approximate surface area is 107 Å². The fourth-order valence-electron chi connectivity index (χ4n) is 2.24. The summed E-state index contributed by atoms with van der Waals surface area (Å²) in [6.07, 6.45) is 3.61. The van der Waals surface area contributed by atoms with E-state index in [0.717, 1.165) is 6.54 Å². The van der Waals surface area contributed by atoms with Crippen molar-refractivity contribution >= 4 is 11.6 Å². The molecule has 0 aliphatic heterocycles. The predicted molar refractivity (Wildman–Crippen MR) is 69.7 cm³/mol. The number of nitrogens with zero attached hydrogens (tertiary/aromatic N) is 1. The fraction of sp³-hybridized carbons (Fsp3) is 0.500. The van der Waals surface area contributed by atoms with E-state index in [2.05, 4.69) is 0 Å². The largest absolute Gasteiger partial charge is 0.396 e. The Hall–Kier alpha value is -1.58. The summed E-state index contributed by atoms with van der Waals surface area (Å²) in [7, 11) is 0. The molecule has 4 heteroatoms. The molecule has 0 heterocycles. The first kappa shape index (κ1) is 12.9. The van der Waals surface area contributed by atoms with Crippen molar-refractivity contribution < 1.29 is 9.18 Å². The molecule has 0 bridgehead atoms. The lowest BCUT2D eigenvalue weighted by Crippen LogP contribution is -2.37. The topological polar surface area (TPSA) is 46.3 Å². The number of halogens is 1. The van der Waals surface area contributed by atoms with Crippen LogP contribution < -0.4 is 5.73 Å². The number of benzene rings is 1. The smallest absolute Gasteiger partial charge is 0.256 e. The second kappa shape index (κ2) is 5.38. The van der Waals surface area contributed by atoms with Crippen LogP contribution >= 0.6 is 0 Å². The molecule has 0 unspecified atom stereocenters. The van der Waals surface area contributed by atoms with Gasteiger partial charge >= 0.3 is 0 Å². The van der Waals surface area contributed by atoms with Gasteiger partial charge in [-0.15, -0.1) is 0 Å². The average Bonchev–Trinajstić information content (AvgIpc) is 2.31. The van der Waals surface area contributed by atoms with Crippen LogP contribution in [0.2, 0.25) is 0 Å². The third-order valence-corrected chi connectivity index (χ3v) is 3.66.